The minimum absolute atomic E-state index is 0.133. The van der Waals surface area contributed by atoms with Gasteiger partial charge >= 0.3 is 0 Å². The van der Waals surface area contributed by atoms with Crippen LogP contribution < -0.4 is 0 Å². The Balaban J connectivity index is 1.45. The summed E-state index contributed by atoms with van der Waals surface area (Å²) in [6.45, 7) is 7.07. The molecule has 9 heteroatoms. The van der Waals surface area contributed by atoms with Crippen LogP contribution in [0.1, 0.15) is 41.5 Å². The minimum Gasteiger partial charge on any atom is -0.336 e. The van der Waals surface area contributed by atoms with Crippen LogP contribution in [0.3, 0.4) is 0 Å². The lowest BCUT2D eigenvalue weighted by molar-refractivity contribution is 0.0697. The maximum absolute atomic E-state index is 13.1. The molecule has 168 valence electrons. The molecule has 1 aromatic carbocycles. The van der Waals surface area contributed by atoms with E-state index in [2.05, 4.69) is 10.1 Å². The monoisotopic (exact) mass is 453 g/mol. The second kappa shape index (κ2) is 8.84. The number of amides is 1. The van der Waals surface area contributed by atoms with Gasteiger partial charge in [0, 0.05) is 43.0 Å². The number of hydrogen-bond acceptors (Lipinski definition) is 5. The highest BCUT2D eigenvalue weighted by atomic mass is 32.2. The molecule has 3 heterocycles. The fourth-order valence-corrected chi connectivity index (χ4v) is 4.96. The first kappa shape index (κ1) is 22.2. The van der Waals surface area contributed by atoms with Gasteiger partial charge in [0.05, 0.1) is 17.5 Å². The van der Waals surface area contributed by atoms with Gasteiger partial charge in [-0.1, -0.05) is 30.3 Å². The molecule has 1 aliphatic rings. The molecular weight excluding hydrogens is 426 g/mol. The van der Waals surface area contributed by atoms with Crippen LogP contribution in [0.2, 0.25) is 0 Å². The van der Waals surface area contributed by atoms with Gasteiger partial charge in [0.25, 0.3) is 5.91 Å². The van der Waals surface area contributed by atoms with Crippen LogP contribution in [0.15, 0.2) is 48.0 Å². The molecule has 1 fully saturated rings. The summed E-state index contributed by atoms with van der Waals surface area (Å²) in [7, 11) is -3.55. The van der Waals surface area contributed by atoms with E-state index in [0.29, 0.717) is 24.3 Å². The van der Waals surface area contributed by atoms with Crippen molar-refractivity contribution < 1.29 is 13.2 Å². The van der Waals surface area contributed by atoms with Crippen molar-refractivity contribution in [1.29, 1.82) is 0 Å². The van der Waals surface area contributed by atoms with Crippen molar-refractivity contribution in [3.63, 3.8) is 0 Å². The average Bonchev–Trinajstić information content (AvgIpc) is 3.20. The molecule has 0 N–H and O–H groups in total. The summed E-state index contributed by atoms with van der Waals surface area (Å²) in [6, 6.07) is 11.3. The first-order valence-electron chi connectivity index (χ1n) is 10.6. The maximum Gasteiger partial charge on any atom is 0.255 e. The van der Waals surface area contributed by atoms with Crippen LogP contribution >= 0.6 is 0 Å². The third-order valence-electron chi connectivity index (χ3n) is 5.60. The van der Waals surface area contributed by atoms with Crippen LogP contribution in [0, 0.1) is 6.92 Å². The van der Waals surface area contributed by atoms with Crippen molar-refractivity contribution in [2.24, 2.45) is 0 Å². The highest BCUT2D eigenvalue weighted by Gasteiger charge is 2.29. The lowest BCUT2D eigenvalue weighted by Crippen LogP contribution is -2.50. The summed E-state index contributed by atoms with van der Waals surface area (Å²) in [5, 5.41) is 6.42. The Labute approximate surface area is 188 Å². The summed E-state index contributed by atoms with van der Waals surface area (Å²) in [5.74, 6) is -0.133. The standard InChI is InChI=1S/C23H27N5O3S/c1-17(2)28-22-20(16-24-28)15-21(18(3)25-22)23(29)26-10-12-27(13-11-26)32(30,31)14-9-19-7-5-4-6-8-19/h4-9,14-17H,10-13H2,1-3H3/b14-9+. The van der Waals surface area contributed by atoms with Gasteiger partial charge in [-0.2, -0.15) is 9.40 Å². The Morgan fingerprint density at radius 2 is 1.78 bits per heavy atom. The predicted molar refractivity (Wildman–Crippen MR) is 125 cm³/mol. The van der Waals surface area contributed by atoms with E-state index >= 15 is 0 Å². The summed E-state index contributed by atoms with van der Waals surface area (Å²) in [5.41, 5.74) is 2.76. The van der Waals surface area contributed by atoms with Crippen molar-refractivity contribution >= 4 is 33.0 Å². The normalized spacial score (nSPS) is 15.8. The molecule has 1 saturated heterocycles. The molecule has 1 aliphatic heterocycles. The SMILES string of the molecule is Cc1nc2c(cnn2C(C)C)cc1C(=O)N1CCN(S(=O)(=O)/C=C/c2ccccc2)CC1. The summed E-state index contributed by atoms with van der Waals surface area (Å²) in [6.07, 6.45) is 3.32. The fraction of sp³-hybridized carbons (Fsp3) is 0.348. The number of sulfonamides is 1. The number of carbonyl (C=O) groups excluding carboxylic acids is 1. The topological polar surface area (TPSA) is 88.4 Å². The Bertz CT molecular complexity index is 1260. The third kappa shape index (κ3) is 4.44. The summed E-state index contributed by atoms with van der Waals surface area (Å²) in [4.78, 5) is 19.5. The molecule has 0 unspecified atom stereocenters. The highest BCUT2D eigenvalue weighted by Crippen LogP contribution is 2.21. The van der Waals surface area contributed by atoms with Crippen molar-refractivity contribution in [1.82, 2.24) is 24.0 Å². The molecule has 0 spiro atoms. The van der Waals surface area contributed by atoms with Gasteiger partial charge in [0.2, 0.25) is 10.0 Å². The molecule has 0 saturated carbocycles. The van der Waals surface area contributed by atoms with Crippen LogP contribution in [-0.2, 0) is 10.0 Å². The fourth-order valence-electron chi connectivity index (χ4n) is 3.79. The Morgan fingerprint density at radius 3 is 2.44 bits per heavy atom. The van der Waals surface area contributed by atoms with Crippen LogP contribution in [0.5, 0.6) is 0 Å². The van der Waals surface area contributed by atoms with Gasteiger partial charge in [-0.3, -0.25) is 4.79 Å². The molecular formula is C23H27N5O3S. The van der Waals surface area contributed by atoms with Gasteiger partial charge in [0.15, 0.2) is 5.65 Å². The van der Waals surface area contributed by atoms with E-state index in [0.717, 1.165) is 16.6 Å². The smallest absolute Gasteiger partial charge is 0.255 e. The van der Waals surface area contributed by atoms with Gasteiger partial charge in [-0.25, -0.2) is 18.1 Å². The molecule has 0 bridgehead atoms. The first-order chi connectivity index (χ1) is 15.3. The van der Waals surface area contributed by atoms with E-state index in [1.165, 1.54) is 9.71 Å². The number of piperazine rings is 1. The van der Waals surface area contributed by atoms with Crippen LogP contribution in [0.25, 0.3) is 17.1 Å². The van der Waals surface area contributed by atoms with Crippen LogP contribution in [-0.4, -0.2) is 64.5 Å². The van der Waals surface area contributed by atoms with E-state index in [-0.39, 0.29) is 25.0 Å². The largest absolute Gasteiger partial charge is 0.336 e. The number of carbonyl (C=O) groups is 1. The maximum atomic E-state index is 13.1. The van der Waals surface area contributed by atoms with Gasteiger partial charge in [0.1, 0.15) is 0 Å². The molecule has 3 aromatic rings. The zero-order chi connectivity index (χ0) is 22.9. The number of aryl methyl sites for hydroxylation is 1. The van der Waals surface area contributed by atoms with Gasteiger partial charge in [-0.15, -0.1) is 0 Å². The van der Waals surface area contributed by atoms with Crippen molar-refractivity contribution in [2.75, 3.05) is 26.2 Å². The molecule has 0 atom stereocenters. The highest BCUT2D eigenvalue weighted by molar-refractivity contribution is 7.92. The van der Waals surface area contributed by atoms with E-state index in [4.69, 9.17) is 0 Å². The summed E-state index contributed by atoms with van der Waals surface area (Å²) < 4.78 is 28.6. The van der Waals surface area contributed by atoms with Crippen molar-refractivity contribution in [2.45, 2.75) is 26.8 Å². The Morgan fingerprint density at radius 1 is 1.09 bits per heavy atom. The molecule has 32 heavy (non-hydrogen) atoms. The first-order valence-corrected chi connectivity index (χ1v) is 12.1. The number of rotatable bonds is 5. The minimum atomic E-state index is -3.55. The molecule has 0 radical (unpaired) electrons. The van der Waals surface area contributed by atoms with Gasteiger partial charge < -0.3 is 4.90 Å². The molecule has 8 nitrogen and oxygen atoms in total. The average molecular weight is 454 g/mol. The zero-order valence-electron chi connectivity index (χ0n) is 18.5. The lowest BCUT2D eigenvalue weighted by atomic mass is 10.1. The number of nitrogens with zero attached hydrogens (tertiary/aromatic N) is 5. The second-order valence-corrected chi connectivity index (χ2v) is 9.99. The number of benzene rings is 1. The van der Waals surface area contributed by atoms with E-state index < -0.39 is 10.0 Å². The second-order valence-electron chi connectivity index (χ2n) is 8.17. The van der Waals surface area contributed by atoms with E-state index in [9.17, 15) is 13.2 Å². The van der Waals surface area contributed by atoms with Crippen LogP contribution in [0.4, 0.5) is 0 Å². The number of pyridine rings is 1. The number of aromatic nitrogens is 3. The van der Waals surface area contributed by atoms with E-state index in [1.54, 1.807) is 17.2 Å². The number of fused-ring (bicyclic) bond motifs is 1. The van der Waals surface area contributed by atoms with E-state index in [1.807, 2.05) is 61.9 Å². The zero-order valence-corrected chi connectivity index (χ0v) is 19.3. The van der Waals surface area contributed by atoms with Gasteiger partial charge in [-0.05, 0) is 38.5 Å². The Hall–Kier alpha value is -3.04. The van der Waals surface area contributed by atoms with Crippen molar-refractivity contribution in [3.8, 4) is 0 Å². The lowest BCUT2D eigenvalue weighted by Gasteiger charge is -2.33. The van der Waals surface area contributed by atoms with Crippen molar-refractivity contribution in [3.05, 3.63) is 64.8 Å². The molecule has 4 rings (SSSR count). The predicted octanol–water partition coefficient (Wildman–Crippen LogP) is 3.08. The summed E-state index contributed by atoms with van der Waals surface area (Å²) >= 11 is 0. The third-order valence-corrected chi connectivity index (χ3v) is 7.16. The Kier molecular flexibility index (Phi) is 6.12. The molecule has 1 amide bonds. The quantitative estimate of drug-likeness (QED) is 0.592. The molecule has 2 aromatic heterocycles. The number of hydrogen-bond donors (Lipinski definition) is 0. The molecule has 0 aliphatic carbocycles.